The number of anilines is 1. The average Bonchev–Trinajstić information content (AvgIpc) is 3.29. The molecule has 0 spiro atoms. The molecule has 0 radical (unpaired) electrons. The number of benzene rings is 1. The van der Waals surface area contributed by atoms with Gasteiger partial charge in [-0.25, -0.2) is 4.98 Å². The number of imidazole rings is 1. The first kappa shape index (κ1) is 15.7. The minimum Gasteiger partial charge on any atom is -0.487 e. The van der Waals surface area contributed by atoms with Crippen molar-refractivity contribution < 1.29 is 14.3 Å². The normalized spacial score (nSPS) is 16.9. The molecule has 3 heterocycles. The van der Waals surface area contributed by atoms with Gasteiger partial charge < -0.3 is 19.2 Å². The van der Waals surface area contributed by atoms with Crippen LogP contribution in [-0.2, 0) is 16.1 Å². The topological polar surface area (TPSA) is 64.9 Å². The predicted octanol–water partition coefficient (Wildman–Crippen LogP) is 3.03. The van der Waals surface area contributed by atoms with E-state index in [1.165, 1.54) is 0 Å². The Morgan fingerprint density at radius 3 is 3.12 bits per heavy atom. The summed E-state index contributed by atoms with van der Waals surface area (Å²) in [4.78, 5) is 16.6. The fourth-order valence-corrected chi connectivity index (χ4v) is 2.88. The monoisotopic (exact) mass is 337 g/mol. The number of hydrogen-bond acceptors (Lipinski definition) is 4. The summed E-state index contributed by atoms with van der Waals surface area (Å²) in [7, 11) is 0. The van der Waals surface area contributed by atoms with Crippen molar-refractivity contribution in [3.05, 3.63) is 60.6 Å². The van der Waals surface area contributed by atoms with Gasteiger partial charge in [0.2, 0.25) is 0 Å². The predicted molar refractivity (Wildman–Crippen MR) is 93.6 cm³/mol. The Kier molecular flexibility index (Phi) is 4.35. The van der Waals surface area contributed by atoms with Gasteiger partial charge >= 0.3 is 0 Å². The van der Waals surface area contributed by atoms with Crippen LogP contribution in [0.15, 0.2) is 54.9 Å². The summed E-state index contributed by atoms with van der Waals surface area (Å²) in [6.45, 7) is 1.02. The molecule has 1 N–H and O–H groups in total. The largest absolute Gasteiger partial charge is 0.487 e. The van der Waals surface area contributed by atoms with E-state index < -0.39 is 0 Å². The maximum atomic E-state index is 12.1. The van der Waals surface area contributed by atoms with Gasteiger partial charge in [0.1, 0.15) is 24.1 Å². The summed E-state index contributed by atoms with van der Waals surface area (Å²) in [6.07, 6.45) is 5.25. The van der Waals surface area contributed by atoms with Crippen LogP contribution in [-0.4, -0.2) is 28.0 Å². The number of hydrogen-bond donors (Lipinski definition) is 1. The lowest BCUT2D eigenvalue weighted by atomic mass is 10.2. The molecule has 1 aliphatic rings. The highest BCUT2D eigenvalue weighted by Crippen LogP contribution is 2.20. The fourth-order valence-electron chi connectivity index (χ4n) is 2.88. The second-order valence-electron chi connectivity index (χ2n) is 6.01. The summed E-state index contributed by atoms with van der Waals surface area (Å²) in [5, 5.41) is 2.88. The van der Waals surface area contributed by atoms with Crippen LogP contribution < -0.4 is 10.1 Å². The zero-order valence-corrected chi connectivity index (χ0v) is 13.7. The molecule has 6 nitrogen and oxygen atoms in total. The maximum Gasteiger partial charge on any atom is 0.253 e. The lowest BCUT2D eigenvalue weighted by Gasteiger charge is -2.11. The smallest absolute Gasteiger partial charge is 0.253 e. The molecule has 1 fully saturated rings. The second-order valence-corrected chi connectivity index (χ2v) is 6.01. The van der Waals surface area contributed by atoms with Crippen molar-refractivity contribution in [3.8, 4) is 5.75 Å². The minimum atomic E-state index is -0.345. The van der Waals surface area contributed by atoms with E-state index in [-0.39, 0.29) is 12.0 Å². The molecule has 0 saturated carbocycles. The number of aromatic nitrogens is 2. The average molecular weight is 337 g/mol. The number of amides is 1. The third-order valence-corrected chi connectivity index (χ3v) is 4.12. The molecule has 6 heteroatoms. The van der Waals surface area contributed by atoms with Gasteiger partial charge in [-0.15, -0.1) is 0 Å². The summed E-state index contributed by atoms with van der Waals surface area (Å²) < 4.78 is 13.2. The molecule has 1 aromatic carbocycles. The molecule has 1 amide bonds. The van der Waals surface area contributed by atoms with Crippen molar-refractivity contribution >= 4 is 17.2 Å². The number of ether oxygens (including phenoxy) is 2. The van der Waals surface area contributed by atoms with Crippen molar-refractivity contribution in [2.24, 2.45) is 0 Å². The van der Waals surface area contributed by atoms with E-state index in [1.54, 1.807) is 0 Å². The molecule has 25 heavy (non-hydrogen) atoms. The Balaban J connectivity index is 1.39. The Morgan fingerprint density at radius 1 is 1.32 bits per heavy atom. The number of rotatable bonds is 5. The molecule has 128 valence electrons. The quantitative estimate of drug-likeness (QED) is 0.777. The molecule has 0 bridgehead atoms. The number of fused-ring (bicyclic) bond motifs is 1. The number of nitrogens with one attached hydrogen (secondary N) is 1. The molecule has 1 aliphatic heterocycles. The van der Waals surface area contributed by atoms with Gasteiger partial charge in [0.15, 0.2) is 0 Å². The summed E-state index contributed by atoms with van der Waals surface area (Å²) in [5.74, 6) is 0.581. The summed E-state index contributed by atoms with van der Waals surface area (Å²) >= 11 is 0. The third-order valence-electron chi connectivity index (χ3n) is 4.12. The van der Waals surface area contributed by atoms with Gasteiger partial charge in [-0.1, -0.05) is 12.1 Å². The van der Waals surface area contributed by atoms with Crippen molar-refractivity contribution in [3.63, 3.8) is 0 Å². The molecule has 3 aromatic rings. The van der Waals surface area contributed by atoms with Crippen molar-refractivity contribution in [1.82, 2.24) is 9.38 Å². The lowest BCUT2D eigenvalue weighted by Crippen LogP contribution is -2.26. The maximum absolute atomic E-state index is 12.1. The van der Waals surface area contributed by atoms with Crippen LogP contribution in [0.25, 0.3) is 5.65 Å². The number of carbonyl (C=O) groups excluding carboxylic acids is 1. The fraction of sp³-hybridized carbons (Fsp3) is 0.263. The van der Waals surface area contributed by atoms with Crippen LogP contribution >= 0.6 is 0 Å². The van der Waals surface area contributed by atoms with Gasteiger partial charge in [0.25, 0.3) is 5.91 Å². The van der Waals surface area contributed by atoms with Gasteiger partial charge in [0.05, 0.1) is 5.69 Å². The molecule has 1 saturated heterocycles. The first-order chi connectivity index (χ1) is 12.3. The van der Waals surface area contributed by atoms with Crippen LogP contribution in [0.2, 0.25) is 0 Å². The number of nitrogens with zero attached hydrogens (tertiary/aromatic N) is 2. The molecule has 0 unspecified atom stereocenters. The van der Waals surface area contributed by atoms with E-state index in [0.717, 1.165) is 24.2 Å². The van der Waals surface area contributed by atoms with Crippen LogP contribution in [0.5, 0.6) is 5.75 Å². The van der Waals surface area contributed by atoms with Gasteiger partial charge in [0, 0.05) is 30.8 Å². The molecular weight excluding hydrogens is 318 g/mol. The Hall–Kier alpha value is -2.86. The van der Waals surface area contributed by atoms with E-state index in [9.17, 15) is 4.79 Å². The highest BCUT2D eigenvalue weighted by molar-refractivity contribution is 5.94. The Labute approximate surface area is 145 Å². The van der Waals surface area contributed by atoms with E-state index in [1.807, 2.05) is 59.3 Å². The van der Waals surface area contributed by atoms with Gasteiger partial charge in [-0.2, -0.15) is 0 Å². The van der Waals surface area contributed by atoms with Crippen LogP contribution in [0.4, 0.5) is 5.69 Å². The van der Waals surface area contributed by atoms with Crippen molar-refractivity contribution in [2.45, 2.75) is 25.6 Å². The first-order valence-corrected chi connectivity index (χ1v) is 8.36. The van der Waals surface area contributed by atoms with E-state index in [4.69, 9.17) is 9.47 Å². The third kappa shape index (κ3) is 3.64. The van der Waals surface area contributed by atoms with E-state index >= 15 is 0 Å². The van der Waals surface area contributed by atoms with Crippen molar-refractivity contribution in [1.29, 1.82) is 0 Å². The first-order valence-electron chi connectivity index (χ1n) is 8.36. The van der Waals surface area contributed by atoms with Crippen molar-refractivity contribution in [2.75, 3.05) is 11.9 Å². The van der Waals surface area contributed by atoms with Crippen LogP contribution in [0.3, 0.4) is 0 Å². The Morgan fingerprint density at radius 2 is 2.28 bits per heavy atom. The molecular formula is C19H19N3O3. The zero-order chi connectivity index (χ0) is 17.1. The molecule has 0 aliphatic carbocycles. The standard InChI is InChI=1S/C19H19N3O3/c23-19(17-7-4-10-24-17)21-14-5-3-6-16(11-14)25-13-15-12-22-9-2-1-8-18(22)20-15/h1-3,5-6,8-9,11-12,17H,4,7,10,13H2,(H,21,23)/t17-/m1/s1. The lowest BCUT2D eigenvalue weighted by molar-refractivity contribution is -0.124. The summed E-state index contributed by atoms with van der Waals surface area (Å²) in [6, 6.07) is 13.2. The zero-order valence-electron chi connectivity index (χ0n) is 13.7. The summed E-state index contributed by atoms with van der Waals surface area (Å²) in [5.41, 5.74) is 2.44. The van der Waals surface area contributed by atoms with Crippen LogP contribution in [0.1, 0.15) is 18.5 Å². The highest BCUT2D eigenvalue weighted by atomic mass is 16.5. The van der Waals surface area contributed by atoms with Gasteiger partial charge in [-0.3, -0.25) is 4.79 Å². The van der Waals surface area contributed by atoms with Gasteiger partial charge in [-0.05, 0) is 37.1 Å². The minimum absolute atomic E-state index is 0.102. The van der Waals surface area contributed by atoms with E-state index in [2.05, 4.69) is 10.3 Å². The SMILES string of the molecule is O=C(Nc1cccc(OCc2cn3ccccc3n2)c1)[C@H]1CCCO1. The molecule has 4 rings (SSSR count). The number of pyridine rings is 1. The molecule has 1 atom stereocenters. The molecule has 2 aromatic heterocycles. The second kappa shape index (κ2) is 6.94. The highest BCUT2D eigenvalue weighted by Gasteiger charge is 2.23. The van der Waals surface area contributed by atoms with E-state index in [0.29, 0.717) is 24.7 Å². The number of carbonyl (C=O) groups is 1. The Bertz CT molecular complexity index is 851. The van der Waals surface area contributed by atoms with Crippen LogP contribution in [0, 0.1) is 0 Å².